The summed E-state index contributed by atoms with van der Waals surface area (Å²) in [4.78, 5) is 13.6. The second-order valence-electron chi connectivity index (χ2n) is 2.91. The predicted molar refractivity (Wildman–Crippen MR) is 59.1 cm³/mol. The van der Waals surface area contributed by atoms with Crippen LogP contribution in [-0.2, 0) is 20.2 Å². The Balaban J connectivity index is 2.98. The molecule has 0 bridgehead atoms. The van der Waals surface area contributed by atoms with Gasteiger partial charge in [0.15, 0.2) is 0 Å². The smallest absolute Gasteiger partial charge is 0.355 e. The maximum Gasteiger partial charge on any atom is 0.355 e. The highest BCUT2D eigenvalue weighted by Crippen LogP contribution is 2.01. The topological polar surface area (TPSA) is 47.9 Å². The van der Waals surface area contributed by atoms with Crippen LogP contribution in [0.15, 0.2) is 29.3 Å². The third kappa shape index (κ3) is 3.11. The van der Waals surface area contributed by atoms with Crippen LogP contribution in [0, 0.1) is 0 Å². The van der Waals surface area contributed by atoms with Gasteiger partial charge in [-0.3, -0.25) is 0 Å². The summed E-state index contributed by atoms with van der Waals surface area (Å²) in [5.74, 6) is 0. The van der Waals surface area contributed by atoms with E-state index >= 15 is 0 Å². The summed E-state index contributed by atoms with van der Waals surface area (Å²) in [7, 11) is 1.43. The molecule has 1 aromatic carbocycles. The van der Waals surface area contributed by atoms with E-state index in [2.05, 4.69) is 4.99 Å². The number of rotatable bonds is 5. The lowest BCUT2D eigenvalue weighted by atomic mass is 10.2. The molecule has 80 valence electrons. The molecule has 0 aliphatic rings. The molecule has 0 unspecified atom stereocenters. The first-order valence-corrected chi connectivity index (χ1v) is 6.02. The van der Waals surface area contributed by atoms with Gasteiger partial charge in [-0.15, -0.1) is 0 Å². The highest BCUT2D eigenvalue weighted by Gasteiger charge is 2.16. The van der Waals surface area contributed by atoms with Crippen molar-refractivity contribution in [2.75, 3.05) is 14.2 Å². The minimum atomic E-state index is -1.82. The molecule has 0 radical (unpaired) electrons. The van der Waals surface area contributed by atoms with Crippen molar-refractivity contribution >= 4 is 20.6 Å². The summed E-state index contributed by atoms with van der Waals surface area (Å²) in [6.45, 7) is 0.329. The predicted octanol–water partition coefficient (Wildman–Crippen LogP) is 0.243. The monoisotopic (exact) mass is 223 g/mol. The fraction of sp³-hybridized carbons (Fsp3) is 0.300. The zero-order valence-corrected chi connectivity index (χ0v) is 9.92. The molecule has 0 fully saturated rings. The zero-order chi connectivity index (χ0) is 11.1. The molecule has 5 heteroatoms. The Morgan fingerprint density at radius 3 is 2.60 bits per heavy atom. The molecule has 0 aromatic heterocycles. The Bertz CT molecular complexity index is 359. The highest BCUT2D eigenvalue weighted by molar-refractivity contribution is 6.61. The van der Waals surface area contributed by atoms with Crippen LogP contribution in [0.25, 0.3) is 0 Å². The summed E-state index contributed by atoms with van der Waals surface area (Å²) >= 11 is 0. The lowest BCUT2D eigenvalue weighted by molar-refractivity contribution is 0.291. The van der Waals surface area contributed by atoms with Crippen LogP contribution in [0.4, 0.5) is 0 Å². The van der Waals surface area contributed by atoms with Crippen LogP contribution in [0.3, 0.4) is 0 Å². The molecular formula is C10H13NO3Si. The van der Waals surface area contributed by atoms with Gasteiger partial charge < -0.3 is 8.85 Å². The number of aliphatic imine (C=N–C) groups is 1. The third-order valence-electron chi connectivity index (χ3n) is 2.05. The largest absolute Gasteiger partial charge is 0.397 e. The van der Waals surface area contributed by atoms with Crippen LogP contribution >= 0.6 is 0 Å². The summed E-state index contributed by atoms with van der Waals surface area (Å²) in [5, 5.41) is 1.02. The quantitative estimate of drug-likeness (QED) is 0.408. The average molecular weight is 223 g/mol. The van der Waals surface area contributed by atoms with E-state index in [9.17, 15) is 4.79 Å². The first-order valence-electron chi connectivity index (χ1n) is 4.50. The Morgan fingerprint density at radius 1 is 1.33 bits per heavy atom. The van der Waals surface area contributed by atoms with E-state index in [1.807, 2.05) is 24.3 Å². The molecule has 0 saturated heterocycles. The molecule has 0 heterocycles. The number of isocyanates is 1. The molecule has 0 atom stereocenters. The lowest BCUT2D eigenvalue weighted by Crippen LogP contribution is -2.37. The minimum Gasteiger partial charge on any atom is -0.397 e. The van der Waals surface area contributed by atoms with Crippen molar-refractivity contribution in [3.63, 3.8) is 0 Å². The standard InChI is InChI=1S/C10H13NO3Si/c1-13-15(14-2)10-6-4-3-5-9(10)7-11-8-12/h3-6,15H,7H2,1-2H3. The third-order valence-corrected chi connectivity index (χ3v) is 3.98. The van der Waals surface area contributed by atoms with Gasteiger partial charge in [0.05, 0.1) is 6.54 Å². The summed E-state index contributed by atoms with van der Waals surface area (Å²) in [6.07, 6.45) is 1.53. The molecule has 1 rings (SSSR count). The normalized spacial score (nSPS) is 10.1. The van der Waals surface area contributed by atoms with Gasteiger partial charge in [0.1, 0.15) is 0 Å². The van der Waals surface area contributed by atoms with E-state index < -0.39 is 9.28 Å². The molecular weight excluding hydrogens is 210 g/mol. The Labute approximate surface area is 90.4 Å². The summed E-state index contributed by atoms with van der Waals surface area (Å²) in [6, 6.07) is 7.67. The Kier molecular flexibility index (Phi) is 4.93. The number of hydrogen-bond donors (Lipinski definition) is 0. The number of nitrogens with zero attached hydrogens (tertiary/aromatic N) is 1. The van der Waals surface area contributed by atoms with E-state index in [-0.39, 0.29) is 0 Å². The molecule has 4 nitrogen and oxygen atoms in total. The highest BCUT2D eigenvalue weighted by atomic mass is 28.3. The Hall–Kier alpha value is -1.26. The molecule has 0 amide bonds. The fourth-order valence-corrected chi connectivity index (χ4v) is 2.83. The van der Waals surface area contributed by atoms with Crippen molar-refractivity contribution in [1.82, 2.24) is 0 Å². The molecule has 1 aromatic rings. The first-order chi connectivity index (χ1) is 7.33. The van der Waals surface area contributed by atoms with Gasteiger partial charge in [0.25, 0.3) is 0 Å². The van der Waals surface area contributed by atoms with Crippen LogP contribution in [0.2, 0.25) is 0 Å². The van der Waals surface area contributed by atoms with E-state index in [1.165, 1.54) is 6.08 Å². The van der Waals surface area contributed by atoms with Gasteiger partial charge in [-0.05, 0) is 10.8 Å². The Morgan fingerprint density at radius 2 is 2.00 bits per heavy atom. The van der Waals surface area contributed by atoms with Gasteiger partial charge in [-0.2, -0.15) is 0 Å². The summed E-state index contributed by atoms with van der Waals surface area (Å²) in [5.41, 5.74) is 0.959. The van der Waals surface area contributed by atoms with E-state index in [0.717, 1.165) is 10.8 Å². The molecule has 15 heavy (non-hydrogen) atoms. The lowest BCUT2D eigenvalue weighted by Gasteiger charge is -2.14. The van der Waals surface area contributed by atoms with Gasteiger partial charge in [-0.1, -0.05) is 24.3 Å². The van der Waals surface area contributed by atoms with Crippen molar-refractivity contribution < 1.29 is 13.6 Å². The molecule has 0 aliphatic carbocycles. The molecule has 0 aliphatic heterocycles. The van der Waals surface area contributed by atoms with E-state index in [1.54, 1.807) is 14.2 Å². The van der Waals surface area contributed by atoms with Crippen molar-refractivity contribution in [2.24, 2.45) is 4.99 Å². The van der Waals surface area contributed by atoms with Crippen molar-refractivity contribution in [1.29, 1.82) is 0 Å². The van der Waals surface area contributed by atoms with Crippen molar-refractivity contribution in [3.8, 4) is 0 Å². The SMILES string of the molecule is CO[SiH](OC)c1ccccc1CN=C=O. The number of benzene rings is 1. The average Bonchev–Trinajstić information content (AvgIpc) is 2.29. The number of hydrogen-bond acceptors (Lipinski definition) is 4. The first kappa shape index (κ1) is 11.8. The van der Waals surface area contributed by atoms with Gasteiger partial charge in [-0.25, -0.2) is 9.79 Å². The molecule has 0 saturated carbocycles. The van der Waals surface area contributed by atoms with E-state index in [0.29, 0.717) is 6.54 Å². The van der Waals surface area contributed by atoms with Crippen LogP contribution in [0.5, 0.6) is 0 Å². The fourth-order valence-electron chi connectivity index (χ4n) is 1.38. The van der Waals surface area contributed by atoms with Crippen LogP contribution in [-0.4, -0.2) is 29.6 Å². The van der Waals surface area contributed by atoms with Gasteiger partial charge in [0.2, 0.25) is 6.08 Å². The maximum absolute atomic E-state index is 10.1. The molecule has 0 spiro atoms. The van der Waals surface area contributed by atoms with Gasteiger partial charge >= 0.3 is 9.28 Å². The summed E-state index contributed by atoms with van der Waals surface area (Å²) < 4.78 is 10.6. The van der Waals surface area contributed by atoms with Crippen molar-refractivity contribution in [3.05, 3.63) is 29.8 Å². The van der Waals surface area contributed by atoms with Crippen molar-refractivity contribution in [2.45, 2.75) is 6.54 Å². The molecule has 0 N–H and O–H groups in total. The minimum absolute atomic E-state index is 0.329. The second kappa shape index (κ2) is 6.26. The van der Waals surface area contributed by atoms with Gasteiger partial charge in [0, 0.05) is 14.2 Å². The van der Waals surface area contributed by atoms with Crippen LogP contribution < -0.4 is 5.19 Å². The maximum atomic E-state index is 10.1. The second-order valence-corrected chi connectivity index (χ2v) is 5.14. The zero-order valence-electron chi connectivity index (χ0n) is 8.77. The van der Waals surface area contributed by atoms with E-state index in [4.69, 9.17) is 8.85 Å². The van der Waals surface area contributed by atoms with Crippen LogP contribution in [0.1, 0.15) is 5.56 Å². The number of carbonyl (C=O) groups excluding carboxylic acids is 1.